The third-order valence-corrected chi connectivity index (χ3v) is 2.63. The lowest BCUT2D eigenvalue weighted by Crippen LogP contribution is -2.29. The van der Waals surface area contributed by atoms with E-state index in [1.165, 1.54) is 0 Å². The molecular weight excluding hydrogens is 226 g/mol. The van der Waals surface area contributed by atoms with Gasteiger partial charge in [-0.1, -0.05) is 23.7 Å². The molecule has 0 amide bonds. The minimum atomic E-state index is -0.198. The molecule has 1 atom stereocenters. The van der Waals surface area contributed by atoms with Crippen LogP contribution in [0.2, 0.25) is 5.02 Å². The zero-order valence-electron chi connectivity index (χ0n) is 8.44. The largest absolute Gasteiger partial charge is 0.384 e. The third kappa shape index (κ3) is 2.01. The molecule has 1 unspecified atom stereocenters. The first kappa shape index (κ1) is 10.9. The quantitative estimate of drug-likeness (QED) is 0.477. The van der Waals surface area contributed by atoms with Crippen LogP contribution in [0.5, 0.6) is 0 Å². The van der Waals surface area contributed by atoms with Gasteiger partial charge in [0.05, 0.1) is 12.2 Å². The molecule has 0 bridgehead atoms. The number of halogens is 1. The highest BCUT2D eigenvalue weighted by atomic mass is 35.5. The van der Waals surface area contributed by atoms with Gasteiger partial charge >= 0.3 is 0 Å². The molecule has 84 valence electrons. The molecular formula is C10H12ClN5. The molecule has 2 aromatic rings. The van der Waals surface area contributed by atoms with Crippen molar-refractivity contribution in [3.05, 3.63) is 46.6 Å². The normalized spacial score (nSPS) is 12.6. The van der Waals surface area contributed by atoms with Crippen molar-refractivity contribution in [2.45, 2.75) is 6.04 Å². The van der Waals surface area contributed by atoms with Crippen LogP contribution in [0.3, 0.4) is 0 Å². The van der Waals surface area contributed by atoms with Crippen LogP contribution in [0.1, 0.15) is 17.2 Å². The summed E-state index contributed by atoms with van der Waals surface area (Å²) in [7, 11) is 0. The number of nitrogens with one attached hydrogen (secondary N) is 2. The summed E-state index contributed by atoms with van der Waals surface area (Å²) in [5.74, 6) is 6.02. The fourth-order valence-corrected chi connectivity index (χ4v) is 1.68. The van der Waals surface area contributed by atoms with Gasteiger partial charge < -0.3 is 5.73 Å². The smallest absolute Gasteiger partial charge is 0.124 e. The highest BCUT2D eigenvalue weighted by Gasteiger charge is 2.16. The van der Waals surface area contributed by atoms with Crippen molar-refractivity contribution in [1.29, 1.82) is 0 Å². The van der Waals surface area contributed by atoms with Gasteiger partial charge in [0.2, 0.25) is 0 Å². The van der Waals surface area contributed by atoms with Gasteiger partial charge in [0.1, 0.15) is 5.82 Å². The molecule has 1 aromatic carbocycles. The van der Waals surface area contributed by atoms with Crippen molar-refractivity contribution < 1.29 is 0 Å². The van der Waals surface area contributed by atoms with Crippen LogP contribution in [0, 0.1) is 0 Å². The lowest BCUT2D eigenvalue weighted by Gasteiger charge is -2.15. The Bertz CT molecular complexity index is 464. The number of H-pyrrole nitrogens is 1. The molecule has 6 N–H and O–H groups in total. The number of aromatic nitrogens is 2. The fourth-order valence-electron chi connectivity index (χ4n) is 1.56. The summed E-state index contributed by atoms with van der Waals surface area (Å²) >= 11 is 5.82. The molecule has 0 aliphatic rings. The number of nitrogen functional groups attached to an aromatic ring is 1. The van der Waals surface area contributed by atoms with E-state index in [0.717, 1.165) is 11.1 Å². The first-order valence-corrected chi connectivity index (χ1v) is 5.10. The Morgan fingerprint density at radius 2 is 2.00 bits per heavy atom. The van der Waals surface area contributed by atoms with Crippen LogP contribution in [-0.2, 0) is 0 Å². The maximum absolute atomic E-state index is 5.82. The molecule has 0 spiro atoms. The van der Waals surface area contributed by atoms with E-state index in [4.69, 9.17) is 23.2 Å². The summed E-state index contributed by atoms with van der Waals surface area (Å²) < 4.78 is 0. The average Bonchev–Trinajstić information content (AvgIpc) is 2.69. The van der Waals surface area contributed by atoms with Crippen LogP contribution in [0.25, 0.3) is 0 Å². The number of hydrogen-bond acceptors (Lipinski definition) is 4. The molecule has 16 heavy (non-hydrogen) atoms. The molecule has 2 rings (SSSR count). The van der Waals surface area contributed by atoms with Gasteiger partial charge in [-0.2, -0.15) is 5.10 Å². The van der Waals surface area contributed by atoms with Crippen molar-refractivity contribution in [2.24, 2.45) is 5.84 Å². The Morgan fingerprint density at radius 1 is 1.31 bits per heavy atom. The third-order valence-electron chi connectivity index (χ3n) is 2.38. The van der Waals surface area contributed by atoms with Gasteiger partial charge in [0.15, 0.2) is 0 Å². The zero-order chi connectivity index (χ0) is 11.5. The predicted octanol–water partition coefficient (Wildman–Crippen LogP) is 1.20. The van der Waals surface area contributed by atoms with Gasteiger partial charge in [-0.3, -0.25) is 10.9 Å². The van der Waals surface area contributed by atoms with Crippen molar-refractivity contribution in [2.75, 3.05) is 5.73 Å². The summed E-state index contributed by atoms with van der Waals surface area (Å²) in [5, 5.41) is 7.21. The van der Waals surface area contributed by atoms with E-state index < -0.39 is 0 Å². The Balaban J connectivity index is 2.37. The molecule has 0 radical (unpaired) electrons. The first-order valence-electron chi connectivity index (χ1n) is 4.72. The lowest BCUT2D eigenvalue weighted by molar-refractivity contribution is 0.639. The summed E-state index contributed by atoms with van der Waals surface area (Å²) in [6.45, 7) is 0. The van der Waals surface area contributed by atoms with E-state index in [2.05, 4.69) is 15.6 Å². The van der Waals surface area contributed by atoms with Gasteiger partial charge in [-0.25, -0.2) is 5.43 Å². The second-order valence-corrected chi connectivity index (χ2v) is 3.83. The molecule has 0 aliphatic heterocycles. The summed E-state index contributed by atoms with van der Waals surface area (Å²) in [5.41, 5.74) is 10.2. The number of rotatable bonds is 3. The van der Waals surface area contributed by atoms with Gasteiger partial charge in [-0.15, -0.1) is 0 Å². The van der Waals surface area contributed by atoms with Crippen LogP contribution in [0.15, 0.2) is 30.5 Å². The lowest BCUT2D eigenvalue weighted by atomic mass is 10.0. The molecule has 0 saturated heterocycles. The number of aromatic amines is 1. The summed E-state index contributed by atoms with van der Waals surface area (Å²) in [4.78, 5) is 0. The van der Waals surface area contributed by atoms with E-state index in [0.29, 0.717) is 10.8 Å². The molecule has 5 nitrogen and oxygen atoms in total. The number of hydrazine groups is 1. The maximum Gasteiger partial charge on any atom is 0.124 e. The Hall–Kier alpha value is -1.56. The Labute approximate surface area is 97.8 Å². The van der Waals surface area contributed by atoms with Crippen molar-refractivity contribution in [3.8, 4) is 0 Å². The SMILES string of the molecule is NNC(c1ccc(Cl)cc1)c1cn[nH]c1N. The van der Waals surface area contributed by atoms with E-state index in [1.54, 1.807) is 18.3 Å². The first-order chi connectivity index (χ1) is 7.72. The second kappa shape index (κ2) is 4.52. The Kier molecular flexibility index (Phi) is 3.09. The van der Waals surface area contributed by atoms with Crippen LogP contribution >= 0.6 is 11.6 Å². The number of nitrogens with zero attached hydrogens (tertiary/aromatic N) is 1. The molecule has 6 heteroatoms. The zero-order valence-corrected chi connectivity index (χ0v) is 9.20. The minimum absolute atomic E-state index is 0.198. The maximum atomic E-state index is 5.82. The average molecular weight is 238 g/mol. The highest BCUT2D eigenvalue weighted by Crippen LogP contribution is 2.25. The molecule has 1 aromatic heterocycles. The van der Waals surface area contributed by atoms with Gasteiger partial charge in [0, 0.05) is 10.6 Å². The highest BCUT2D eigenvalue weighted by molar-refractivity contribution is 6.30. The Morgan fingerprint density at radius 3 is 2.50 bits per heavy atom. The molecule has 0 fully saturated rings. The van der Waals surface area contributed by atoms with Crippen molar-refractivity contribution >= 4 is 17.4 Å². The van der Waals surface area contributed by atoms with Crippen LogP contribution in [0.4, 0.5) is 5.82 Å². The number of nitrogens with two attached hydrogens (primary N) is 2. The summed E-state index contributed by atoms with van der Waals surface area (Å²) in [6, 6.07) is 7.18. The van der Waals surface area contributed by atoms with E-state index >= 15 is 0 Å². The number of anilines is 1. The molecule has 0 saturated carbocycles. The van der Waals surface area contributed by atoms with E-state index in [1.807, 2.05) is 12.1 Å². The van der Waals surface area contributed by atoms with Crippen molar-refractivity contribution in [1.82, 2.24) is 15.6 Å². The fraction of sp³-hybridized carbons (Fsp3) is 0.100. The van der Waals surface area contributed by atoms with Crippen LogP contribution in [-0.4, -0.2) is 10.2 Å². The minimum Gasteiger partial charge on any atom is -0.384 e. The summed E-state index contributed by atoms with van der Waals surface area (Å²) in [6.07, 6.45) is 1.65. The number of benzene rings is 1. The van der Waals surface area contributed by atoms with Gasteiger partial charge in [0.25, 0.3) is 0 Å². The molecule has 0 aliphatic carbocycles. The van der Waals surface area contributed by atoms with E-state index in [-0.39, 0.29) is 6.04 Å². The monoisotopic (exact) mass is 237 g/mol. The second-order valence-electron chi connectivity index (χ2n) is 3.39. The van der Waals surface area contributed by atoms with Crippen molar-refractivity contribution in [3.63, 3.8) is 0 Å². The molecule has 1 heterocycles. The predicted molar refractivity (Wildman–Crippen MR) is 63.6 cm³/mol. The standard InChI is InChI=1S/C10H12ClN5/c11-7-3-1-6(2-4-7)9(15-13)8-5-14-16-10(8)12/h1-5,9,15H,13H2,(H3,12,14,16). The van der Waals surface area contributed by atoms with Gasteiger partial charge in [-0.05, 0) is 17.7 Å². The number of hydrogen-bond donors (Lipinski definition) is 4. The van der Waals surface area contributed by atoms with E-state index in [9.17, 15) is 0 Å². The van der Waals surface area contributed by atoms with Crippen LogP contribution < -0.4 is 17.0 Å². The topological polar surface area (TPSA) is 92.7 Å².